The maximum atomic E-state index is 11.2. The largest absolute Gasteiger partial charge is 0.344 e. The maximum Gasteiger partial charge on any atom is 0.186 e. The number of rotatable bonds is 5. The van der Waals surface area contributed by atoms with E-state index in [1.807, 2.05) is 31.3 Å². The number of aromatic nitrogens is 1. The van der Waals surface area contributed by atoms with Gasteiger partial charge in [-0.3, -0.25) is 4.79 Å². The zero-order valence-electron chi connectivity index (χ0n) is 12.6. The van der Waals surface area contributed by atoms with Crippen LogP contribution in [0, 0.1) is 0 Å². The molecule has 0 fully saturated rings. The minimum absolute atomic E-state index is 0.160. The second-order valence-electron chi connectivity index (χ2n) is 5.36. The topological polar surface area (TPSA) is 33.2 Å². The molecule has 0 aliphatic carbocycles. The van der Waals surface area contributed by atoms with Crippen molar-refractivity contribution < 1.29 is 4.79 Å². The van der Waals surface area contributed by atoms with Gasteiger partial charge in [0.05, 0.1) is 16.6 Å². The van der Waals surface area contributed by atoms with Crippen molar-refractivity contribution in [2.75, 3.05) is 11.9 Å². The Hall–Kier alpha value is -1.39. The smallest absolute Gasteiger partial charge is 0.186 e. The van der Waals surface area contributed by atoms with E-state index in [0.29, 0.717) is 0 Å². The highest BCUT2D eigenvalue weighted by Crippen LogP contribution is 2.33. The van der Waals surface area contributed by atoms with Gasteiger partial charge in [-0.1, -0.05) is 48.9 Å². The van der Waals surface area contributed by atoms with Crippen molar-refractivity contribution in [3.63, 3.8) is 0 Å². The highest BCUT2D eigenvalue weighted by molar-refractivity contribution is 7.17. The highest BCUT2D eigenvalue weighted by Gasteiger charge is 2.19. The number of hydrogen-bond donors (Lipinski definition) is 0. The molecule has 1 aromatic carbocycles. The average Bonchev–Trinajstić information content (AvgIpc) is 2.91. The van der Waals surface area contributed by atoms with Crippen molar-refractivity contribution in [2.24, 2.45) is 0 Å². The molecule has 1 aromatic heterocycles. The van der Waals surface area contributed by atoms with E-state index < -0.39 is 0 Å². The molecule has 0 bridgehead atoms. The van der Waals surface area contributed by atoms with Crippen LogP contribution in [0.3, 0.4) is 0 Å². The van der Waals surface area contributed by atoms with Crippen LogP contribution >= 0.6 is 22.9 Å². The summed E-state index contributed by atoms with van der Waals surface area (Å²) in [6.07, 6.45) is 0.900. The fourth-order valence-electron chi connectivity index (χ4n) is 2.11. The lowest BCUT2D eigenvalue weighted by Crippen LogP contribution is -2.21. The van der Waals surface area contributed by atoms with Gasteiger partial charge in [-0.25, -0.2) is 4.98 Å². The first-order chi connectivity index (χ1) is 9.93. The molecule has 3 nitrogen and oxygen atoms in total. The van der Waals surface area contributed by atoms with Crippen LogP contribution in [0.25, 0.3) is 0 Å². The third kappa shape index (κ3) is 3.44. The van der Waals surface area contributed by atoms with Crippen LogP contribution in [-0.4, -0.2) is 18.3 Å². The Morgan fingerprint density at radius 2 is 1.86 bits per heavy atom. The van der Waals surface area contributed by atoms with Gasteiger partial charge in [0.25, 0.3) is 0 Å². The van der Waals surface area contributed by atoms with Crippen LogP contribution in [-0.2, 0) is 0 Å². The molecule has 2 rings (SSSR count). The Morgan fingerprint density at radius 3 is 2.33 bits per heavy atom. The molecule has 21 heavy (non-hydrogen) atoms. The molecule has 112 valence electrons. The SMILES string of the molecule is CC(C)c1nc(N(C)C(C)c2ccc(Cl)cc2)sc1C=O. The van der Waals surface area contributed by atoms with E-state index in [-0.39, 0.29) is 12.0 Å². The van der Waals surface area contributed by atoms with E-state index in [4.69, 9.17) is 11.6 Å². The van der Waals surface area contributed by atoms with Crippen LogP contribution in [0.1, 0.15) is 53.7 Å². The summed E-state index contributed by atoms with van der Waals surface area (Å²) in [7, 11) is 2.00. The third-order valence-electron chi connectivity index (χ3n) is 3.56. The number of anilines is 1. The Morgan fingerprint density at radius 1 is 1.24 bits per heavy atom. The summed E-state index contributed by atoms with van der Waals surface area (Å²) in [5.74, 6) is 0.245. The Bertz CT molecular complexity index is 622. The molecule has 0 spiro atoms. The molecule has 1 unspecified atom stereocenters. The van der Waals surface area contributed by atoms with E-state index in [1.165, 1.54) is 11.3 Å². The number of benzene rings is 1. The second kappa shape index (κ2) is 6.58. The quantitative estimate of drug-likeness (QED) is 0.732. The zero-order chi connectivity index (χ0) is 15.6. The van der Waals surface area contributed by atoms with Gasteiger partial charge in [0.15, 0.2) is 11.4 Å². The summed E-state index contributed by atoms with van der Waals surface area (Å²) in [6, 6.07) is 7.97. The van der Waals surface area contributed by atoms with Crippen LogP contribution in [0.4, 0.5) is 5.13 Å². The molecule has 1 atom stereocenters. The lowest BCUT2D eigenvalue weighted by atomic mass is 10.1. The van der Waals surface area contributed by atoms with Crippen molar-refractivity contribution in [3.05, 3.63) is 45.4 Å². The maximum absolute atomic E-state index is 11.2. The van der Waals surface area contributed by atoms with Crippen molar-refractivity contribution >= 4 is 34.4 Å². The summed E-state index contributed by atoms with van der Waals surface area (Å²) >= 11 is 7.37. The molecule has 2 aromatic rings. The molecular formula is C16H19ClN2OS. The third-order valence-corrected chi connectivity index (χ3v) is 4.90. The molecule has 5 heteroatoms. The Balaban J connectivity index is 2.28. The van der Waals surface area contributed by atoms with Gasteiger partial charge < -0.3 is 4.90 Å². The Kier molecular flexibility index (Phi) is 5.01. The molecule has 0 radical (unpaired) electrons. The highest BCUT2D eigenvalue weighted by atomic mass is 35.5. The van der Waals surface area contributed by atoms with Gasteiger partial charge in [0, 0.05) is 12.1 Å². The summed E-state index contributed by atoms with van der Waals surface area (Å²) in [5, 5.41) is 1.59. The van der Waals surface area contributed by atoms with Gasteiger partial charge >= 0.3 is 0 Å². The van der Waals surface area contributed by atoms with Crippen LogP contribution < -0.4 is 4.90 Å². The van der Waals surface area contributed by atoms with Crippen molar-refractivity contribution in [1.29, 1.82) is 0 Å². The second-order valence-corrected chi connectivity index (χ2v) is 6.80. The van der Waals surface area contributed by atoms with E-state index in [0.717, 1.165) is 32.6 Å². The molecule has 0 N–H and O–H groups in total. The number of hydrogen-bond acceptors (Lipinski definition) is 4. The number of carbonyl (C=O) groups is 1. The first kappa shape index (κ1) is 16.0. The van der Waals surface area contributed by atoms with Crippen LogP contribution in [0.2, 0.25) is 5.02 Å². The minimum atomic E-state index is 0.160. The van der Waals surface area contributed by atoms with E-state index in [1.54, 1.807) is 0 Å². The van der Waals surface area contributed by atoms with Gasteiger partial charge in [-0.05, 0) is 30.5 Å². The van der Waals surface area contributed by atoms with E-state index in [2.05, 4.69) is 30.7 Å². The van der Waals surface area contributed by atoms with Crippen molar-refractivity contribution in [3.8, 4) is 0 Å². The molecule has 1 heterocycles. The lowest BCUT2D eigenvalue weighted by Gasteiger charge is -2.24. The fraction of sp³-hybridized carbons (Fsp3) is 0.375. The molecule has 0 saturated heterocycles. The number of carbonyl (C=O) groups excluding carboxylic acids is 1. The normalized spacial score (nSPS) is 12.5. The monoisotopic (exact) mass is 322 g/mol. The van der Waals surface area contributed by atoms with E-state index in [9.17, 15) is 4.79 Å². The zero-order valence-corrected chi connectivity index (χ0v) is 14.2. The average molecular weight is 323 g/mol. The van der Waals surface area contributed by atoms with Crippen LogP contribution in [0.5, 0.6) is 0 Å². The van der Waals surface area contributed by atoms with E-state index >= 15 is 0 Å². The standard InChI is InChI=1S/C16H19ClN2OS/c1-10(2)15-14(9-20)21-16(18-15)19(4)11(3)12-5-7-13(17)8-6-12/h5-11H,1-4H3. The van der Waals surface area contributed by atoms with Crippen molar-refractivity contribution in [1.82, 2.24) is 4.98 Å². The molecule has 0 saturated carbocycles. The van der Waals surface area contributed by atoms with Gasteiger partial charge in [-0.15, -0.1) is 0 Å². The van der Waals surface area contributed by atoms with Gasteiger partial charge in [0.2, 0.25) is 0 Å². The summed E-state index contributed by atoms with van der Waals surface area (Å²) in [5.41, 5.74) is 2.04. The number of halogens is 1. The van der Waals surface area contributed by atoms with Crippen molar-refractivity contribution in [2.45, 2.75) is 32.7 Å². The minimum Gasteiger partial charge on any atom is -0.344 e. The first-order valence-electron chi connectivity index (χ1n) is 6.88. The first-order valence-corrected chi connectivity index (χ1v) is 8.07. The number of nitrogens with zero attached hydrogens (tertiary/aromatic N) is 2. The molecule has 0 aliphatic rings. The predicted molar refractivity (Wildman–Crippen MR) is 89.9 cm³/mol. The van der Waals surface area contributed by atoms with Gasteiger partial charge in [0.1, 0.15) is 0 Å². The fourth-order valence-corrected chi connectivity index (χ4v) is 3.31. The molecular weight excluding hydrogens is 304 g/mol. The summed E-state index contributed by atoms with van der Waals surface area (Å²) in [4.78, 5) is 18.6. The summed E-state index contributed by atoms with van der Waals surface area (Å²) < 4.78 is 0. The molecule has 0 amide bonds. The summed E-state index contributed by atoms with van der Waals surface area (Å²) in [6.45, 7) is 6.21. The lowest BCUT2D eigenvalue weighted by molar-refractivity contribution is 0.112. The van der Waals surface area contributed by atoms with Gasteiger partial charge in [-0.2, -0.15) is 0 Å². The molecule has 0 aliphatic heterocycles. The van der Waals surface area contributed by atoms with Crippen LogP contribution in [0.15, 0.2) is 24.3 Å². The number of thiazole rings is 1. The number of aldehydes is 1. The predicted octanol–water partition coefficient (Wildman–Crippen LogP) is 4.93. The Labute approximate surface area is 134 Å².